The molecule has 2 aliphatic rings. The van der Waals surface area contributed by atoms with Crippen molar-refractivity contribution in [2.24, 2.45) is 5.92 Å². The van der Waals surface area contributed by atoms with Crippen molar-refractivity contribution in [2.45, 2.75) is 50.7 Å². The lowest BCUT2D eigenvalue weighted by molar-refractivity contribution is -0.140. The summed E-state index contributed by atoms with van der Waals surface area (Å²) in [5.74, 6) is -0.0817. The van der Waals surface area contributed by atoms with Crippen LogP contribution in [0.5, 0.6) is 0 Å². The molecule has 0 aromatic carbocycles. The van der Waals surface area contributed by atoms with Gasteiger partial charge in [0.05, 0.1) is 18.6 Å². The van der Waals surface area contributed by atoms with E-state index < -0.39 is 5.97 Å². The molecule has 0 aromatic rings. The molecule has 2 fully saturated rings. The molecule has 3 nitrogen and oxygen atoms in total. The minimum absolute atomic E-state index is 0.00870. The molecule has 1 heterocycles. The number of carboxylic acids is 1. The van der Waals surface area contributed by atoms with E-state index >= 15 is 0 Å². The van der Waals surface area contributed by atoms with Crippen LogP contribution >= 0.6 is 0 Å². The Labute approximate surface area is 78.1 Å². The van der Waals surface area contributed by atoms with Gasteiger partial charge in [0.25, 0.3) is 0 Å². The van der Waals surface area contributed by atoms with Crippen LogP contribution in [-0.2, 0) is 9.53 Å². The van der Waals surface area contributed by atoms with E-state index in [1.807, 2.05) is 0 Å². The van der Waals surface area contributed by atoms with E-state index in [-0.39, 0.29) is 12.5 Å². The molecule has 3 atom stereocenters. The number of carboxylic acid groups (broad SMARTS) is 1. The number of ether oxygens (including phenoxy) is 1. The molecule has 1 saturated heterocycles. The lowest BCUT2D eigenvalue weighted by atomic mass is 9.85. The van der Waals surface area contributed by atoms with Gasteiger partial charge in [0.2, 0.25) is 0 Å². The van der Waals surface area contributed by atoms with Gasteiger partial charge in [-0.15, -0.1) is 0 Å². The number of carbonyl (C=O) groups is 1. The first-order chi connectivity index (χ1) is 6.25. The summed E-state index contributed by atoms with van der Waals surface area (Å²) >= 11 is 0. The molecule has 3 heteroatoms. The SMILES string of the molecule is O=C(O)CC1CC2CCCCC2O1. The van der Waals surface area contributed by atoms with Crippen molar-refractivity contribution in [3.8, 4) is 0 Å². The molecule has 2 rings (SSSR count). The smallest absolute Gasteiger partial charge is 0.305 e. The minimum atomic E-state index is -0.733. The highest BCUT2D eigenvalue weighted by Crippen LogP contribution is 2.38. The van der Waals surface area contributed by atoms with Crippen LogP contribution in [0.4, 0.5) is 0 Å². The monoisotopic (exact) mass is 184 g/mol. The lowest BCUT2D eigenvalue weighted by Crippen LogP contribution is -2.20. The quantitative estimate of drug-likeness (QED) is 0.712. The predicted molar refractivity (Wildman–Crippen MR) is 47.5 cm³/mol. The number of aliphatic carboxylic acids is 1. The Bertz CT molecular complexity index is 188. The maximum atomic E-state index is 10.5. The highest BCUT2D eigenvalue weighted by molar-refractivity contribution is 5.67. The van der Waals surface area contributed by atoms with Crippen molar-refractivity contribution in [1.29, 1.82) is 0 Å². The average Bonchev–Trinajstić information content (AvgIpc) is 2.44. The number of rotatable bonds is 2. The van der Waals surface area contributed by atoms with E-state index in [0.29, 0.717) is 12.0 Å². The molecule has 3 unspecified atom stereocenters. The van der Waals surface area contributed by atoms with E-state index in [4.69, 9.17) is 9.84 Å². The summed E-state index contributed by atoms with van der Waals surface area (Å²) in [6, 6.07) is 0. The van der Waals surface area contributed by atoms with Crippen LogP contribution in [-0.4, -0.2) is 23.3 Å². The minimum Gasteiger partial charge on any atom is -0.481 e. The first kappa shape index (κ1) is 9.00. The van der Waals surface area contributed by atoms with Crippen molar-refractivity contribution < 1.29 is 14.6 Å². The maximum absolute atomic E-state index is 10.5. The number of hydrogen-bond donors (Lipinski definition) is 1. The van der Waals surface area contributed by atoms with E-state index in [1.165, 1.54) is 19.3 Å². The lowest BCUT2D eigenvalue weighted by Gasteiger charge is -2.23. The topological polar surface area (TPSA) is 46.5 Å². The van der Waals surface area contributed by atoms with Crippen LogP contribution in [0.3, 0.4) is 0 Å². The fraction of sp³-hybridized carbons (Fsp3) is 0.900. The van der Waals surface area contributed by atoms with Gasteiger partial charge in [-0.1, -0.05) is 12.8 Å². The van der Waals surface area contributed by atoms with Gasteiger partial charge in [0.1, 0.15) is 0 Å². The molecule has 0 bridgehead atoms. The van der Waals surface area contributed by atoms with Gasteiger partial charge in [0.15, 0.2) is 0 Å². The van der Waals surface area contributed by atoms with Crippen molar-refractivity contribution in [3.05, 3.63) is 0 Å². The summed E-state index contributed by atoms with van der Waals surface area (Å²) in [7, 11) is 0. The third kappa shape index (κ3) is 2.02. The Morgan fingerprint density at radius 3 is 2.85 bits per heavy atom. The van der Waals surface area contributed by atoms with Crippen molar-refractivity contribution in [3.63, 3.8) is 0 Å². The van der Waals surface area contributed by atoms with Gasteiger partial charge >= 0.3 is 5.97 Å². The van der Waals surface area contributed by atoms with Gasteiger partial charge in [0, 0.05) is 0 Å². The first-order valence-corrected chi connectivity index (χ1v) is 5.13. The van der Waals surface area contributed by atoms with Crippen molar-refractivity contribution >= 4 is 5.97 Å². The largest absolute Gasteiger partial charge is 0.481 e. The van der Waals surface area contributed by atoms with Gasteiger partial charge < -0.3 is 9.84 Å². The standard InChI is InChI=1S/C10H16O3/c11-10(12)6-8-5-7-3-1-2-4-9(7)13-8/h7-9H,1-6H2,(H,11,12). The van der Waals surface area contributed by atoms with Gasteiger partial charge in [-0.2, -0.15) is 0 Å². The van der Waals surface area contributed by atoms with Gasteiger partial charge in [-0.05, 0) is 25.2 Å². The zero-order valence-corrected chi connectivity index (χ0v) is 7.74. The Morgan fingerprint density at radius 2 is 2.15 bits per heavy atom. The van der Waals surface area contributed by atoms with Crippen LogP contribution in [0.1, 0.15) is 38.5 Å². The second kappa shape index (κ2) is 3.66. The molecular formula is C10H16O3. The maximum Gasteiger partial charge on any atom is 0.305 e. The second-order valence-corrected chi connectivity index (χ2v) is 4.17. The summed E-state index contributed by atoms with van der Waals surface area (Å²) in [6.45, 7) is 0. The van der Waals surface area contributed by atoms with Crippen LogP contribution in [0, 0.1) is 5.92 Å². The first-order valence-electron chi connectivity index (χ1n) is 5.13. The summed E-state index contributed by atoms with van der Waals surface area (Å²) in [4.78, 5) is 10.5. The fourth-order valence-electron chi connectivity index (χ4n) is 2.59. The molecule has 0 spiro atoms. The summed E-state index contributed by atoms with van der Waals surface area (Å²) in [5, 5.41) is 8.63. The molecule has 1 aliphatic heterocycles. The molecule has 1 N–H and O–H groups in total. The second-order valence-electron chi connectivity index (χ2n) is 4.17. The van der Waals surface area contributed by atoms with Gasteiger partial charge in [-0.3, -0.25) is 4.79 Å². The molecule has 74 valence electrons. The zero-order chi connectivity index (χ0) is 9.26. The molecule has 0 aromatic heterocycles. The molecule has 0 radical (unpaired) electrons. The van der Waals surface area contributed by atoms with Crippen LogP contribution in [0.2, 0.25) is 0 Å². The average molecular weight is 184 g/mol. The molecule has 13 heavy (non-hydrogen) atoms. The third-order valence-electron chi connectivity index (χ3n) is 3.17. The number of fused-ring (bicyclic) bond motifs is 1. The highest BCUT2D eigenvalue weighted by atomic mass is 16.5. The normalized spacial score (nSPS) is 38.6. The van der Waals surface area contributed by atoms with Crippen molar-refractivity contribution in [2.75, 3.05) is 0 Å². The Kier molecular flexibility index (Phi) is 2.54. The van der Waals surface area contributed by atoms with E-state index in [2.05, 4.69) is 0 Å². The van der Waals surface area contributed by atoms with Crippen LogP contribution < -0.4 is 0 Å². The summed E-state index contributed by atoms with van der Waals surface area (Å²) in [6.07, 6.45) is 6.44. The van der Waals surface area contributed by atoms with Crippen LogP contribution in [0.25, 0.3) is 0 Å². The van der Waals surface area contributed by atoms with E-state index in [0.717, 1.165) is 12.8 Å². The molecule has 1 aliphatic carbocycles. The molecular weight excluding hydrogens is 168 g/mol. The summed E-state index contributed by atoms with van der Waals surface area (Å²) in [5.41, 5.74) is 0. The zero-order valence-electron chi connectivity index (χ0n) is 7.74. The Morgan fingerprint density at radius 1 is 1.38 bits per heavy atom. The van der Waals surface area contributed by atoms with Crippen LogP contribution in [0.15, 0.2) is 0 Å². The fourth-order valence-corrected chi connectivity index (χ4v) is 2.59. The molecule has 0 amide bonds. The summed E-state index contributed by atoms with van der Waals surface area (Å²) < 4.78 is 5.70. The number of hydrogen-bond acceptors (Lipinski definition) is 2. The predicted octanol–water partition coefficient (Wildman–Crippen LogP) is 1.81. The van der Waals surface area contributed by atoms with Gasteiger partial charge in [-0.25, -0.2) is 0 Å². The van der Waals surface area contributed by atoms with E-state index in [1.54, 1.807) is 0 Å². The van der Waals surface area contributed by atoms with E-state index in [9.17, 15) is 4.79 Å². The Hall–Kier alpha value is -0.570. The highest BCUT2D eigenvalue weighted by Gasteiger charge is 2.37. The van der Waals surface area contributed by atoms with Crippen molar-refractivity contribution in [1.82, 2.24) is 0 Å². The third-order valence-corrected chi connectivity index (χ3v) is 3.17. The molecule has 1 saturated carbocycles. The Balaban J connectivity index is 1.87.